The third kappa shape index (κ3) is 2.64. The summed E-state index contributed by atoms with van der Waals surface area (Å²) in [7, 11) is -3.91. The molecule has 0 fully saturated rings. The van der Waals surface area contributed by atoms with Gasteiger partial charge in [0.05, 0.1) is 5.69 Å². The Kier molecular flexibility index (Phi) is 3.58. The van der Waals surface area contributed by atoms with Crippen molar-refractivity contribution in [2.75, 3.05) is 4.72 Å². The zero-order valence-electron chi connectivity index (χ0n) is 9.84. The topological polar surface area (TPSA) is 96.4 Å². The van der Waals surface area contributed by atoms with Crippen LogP contribution < -0.4 is 4.72 Å². The molecule has 1 aliphatic carbocycles. The summed E-state index contributed by atoms with van der Waals surface area (Å²) >= 11 is 1.30. The van der Waals surface area contributed by atoms with Crippen LogP contribution in [0.25, 0.3) is 0 Å². The first-order valence-electron chi connectivity index (χ1n) is 5.63. The molecule has 0 aliphatic heterocycles. The molecule has 0 aromatic carbocycles. The first-order chi connectivity index (χ1) is 8.40. The number of hydrogen-bond donors (Lipinski definition) is 2. The molecular formula is C10H14N2O4S2. The summed E-state index contributed by atoms with van der Waals surface area (Å²) < 4.78 is 25.7. The molecule has 0 radical (unpaired) electrons. The van der Waals surface area contributed by atoms with Gasteiger partial charge in [0.25, 0.3) is 0 Å². The lowest BCUT2D eigenvalue weighted by molar-refractivity contribution is -0.136. The third-order valence-corrected chi connectivity index (χ3v) is 5.70. The van der Waals surface area contributed by atoms with Crippen LogP contribution in [0.15, 0.2) is 0 Å². The zero-order valence-corrected chi connectivity index (χ0v) is 11.5. The molecule has 100 valence electrons. The lowest BCUT2D eigenvalue weighted by atomic mass is 10.0. The maximum atomic E-state index is 11.7. The smallest absolute Gasteiger partial charge is 0.323 e. The molecule has 0 saturated heterocycles. The summed E-state index contributed by atoms with van der Waals surface area (Å²) in [4.78, 5) is 16.0. The average Bonchev–Trinajstić information content (AvgIpc) is 2.68. The monoisotopic (exact) mass is 290 g/mol. The number of nitrogens with zero attached hydrogens (tertiary/aromatic N) is 1. The molecule has 1 unspecified atom stereocenters. The van der Waals surface area contributed by atoms with Crippen molar-refractivity contribution in [1.82, 2.24) is 4.98 Å². The van der Waals surface area contributed by atoms with Gasteiger partial charge < -0.3 is 5.11 Å². The van der Waals surface area contributed by atoms with Crippen molar-refractivity contribution in [3.8, 4) is 0 Å². The van der Waals surface area contributed by atoms with Crippen LogP contribution in [0.4, 0.5) is 5.13 Å². The van der Waals surface area contributed by atoms with Crippen molar-refractivity contribution < 1.29 is 18.3 Å². The van der Waals surface area contributed by atoms with E-state index in [2.05, 4.69) is 9.71 Å². The van der Waals surface area contributed by atoms with Crippen molar-refractivity contribution in [2.24, 2.45) is 0 Å². The highest BCUT2D eigenvalue weighted by Crippen LogP contribution is 2.30. The maximum absolute atomic E-state index is 11.7. The minimum Gasteiger partial charge on any atom is -0.480 e. The van der Waals surface area contributed by atoms with Crippen LogP contribution in [-0.2, 0) is 27.7 Å². The Morgan fingerprint density at radius 2 is 2.11 bits per heavy atom. The predicted molar refractivity (Wildman–Crippen MR) is 68.4 cm³/mol. The number of thiazole rings is 1. The molecule has 0 spiro atoms. The van der Waals surface area contributed by atoms with Crippen LogP contribution in [0, 0.1) is 0 Å². The number of sulfonamides is 1. The van der Waals surface area contributed by atoms with Gasteiger partial charge >= 0.3 is 5.97 Å². The Balaban J connectivity index is 2.19. The first-order valence-corrected chi connectivity index (χ1v) is 7.99. The Morgan fingerprint density at radius 3 is 2.72 bits per heavy atom. The van der Waals surface area contributed by atoms with Gasteiger partial charge in [-0.1, -0.05) is 0 Å². The van der Waals surface area contributed by atoms with E-state index in [1.54, 1.807) is 0 Å². The first kappa shape index (κ1) is 13.3. The molecule has 1 heterocycles. The van der Waals surface area contributed by atoms with Gasteiger partial charge in [0, 0.05) is 4.88 Å². The molecule has 6 nitrogen and oxygen atoms in total. The van der Waals surface area contributed by atoms with Gasteiger partial charge in [0.1, 0.15) is 0 Å². The average molecular weight is 290 g/mol. The summed E-state index contributed by atoms with van der Waals surface area (Å²) in [5.74, 6) is -1.37. The Labute approximate surface area is 109 Å². The number of carboxylic acids is 1. The lowest BCUT2D eigenvalue weighted by Crippen LogP contribution is -2.32. The number of aliphatic carboxylic acids is 1. The minimum absolute atomic E-state index is 0.273. The number of hydrogen-bond acceptors (Lipinski definition) is 5. The van der Waals surface area contributed by atoms with E-state index in [9.17, 15) is 13.2 Å². The molecule has 2 rings (SSSR count). The van der Waals surface area contributed by atoms with Crippen LogP contribution in [0.1, 0.15) is 30.3 Å². The summed E-state index contributed by atoms with van der Waals surface area (Å²) in [5.41, 5.74) is 0.937. The fraction of sp³-hybridized carbons (Fsp3) is 0.600. The van der Waals surface area contributed by atoms with Crippen LogP contribution in [0.3, 0.4) is 0 Å². The second-order valence-corrected chi connectivity index (χ2v) is 7.31. The van der Waals surface area contributed by atoms with E-state index in [1.165, 1.54) is 11.3 Å². The molecule has 1 atom stereocenters. The normalized spacial score (nSPS) is 16.9. The van der Waals surface area contributed by atoms with Crippen LogP contribution in [-0.4, -0.2) is 29.7 Å². The van der Waals surface area contributed by atoms with E-state index < -0.39 is 21.2 Å². The number of carbonyl (C=O) groups is 1. The van der Waals surface area contributed by atoms with Crippen LogP contribution in [0.2, 0.25) is 0 Å². The van der Waals surface area contributed by atoms with E-state index in [1.807, 2.05) is 0 Å². The molecule has 1 aliphatic rings. The zero-order chi connectivity index (χ0) is 13.3. The Morgan fingerprint density at radius 1 is 1.44 bits per heavy atom. The summed E-state index contributed by atoms with van der Waals surface area (Å²) in [5, 5.41) is 7.51. The molecule has 1 aromatic heterocycles. The van der Waals surface area contributed by atoms with Gasteiger partial charge in [-0.25, -0.2) is 13.4 Å². The maximum Gasteiger partial charge on any atom is 0.323 e. The van der Waals surface area contributed by atoms with E-state index in [4.69, 9.17) is 5.11 Å². The van der Waals surface area contributed by atoms with Crippen molar-refractivity contribution in [3.05, 3.63) is 10.6 Å². The SMILES string of the molecule is CC(C(=O)O)S(=O)(=O)Nc1nc2c(s1)CCCC2. The predicted octanol–water partition coefficient (Wildman–Crippen LogP) is 1.24. The highest BCUT2D eigenvalue weighted by atomic mass is 32.2. The number of carboxylic acid groups (broad SMARTS) is 1. The van der Waals surface area contributed by atoms with Crippen LogP contribution in [0.5, 0.6) is 0 Å². The number of fused-ring (bicyclic) bond motifs is 1. The fourth-order valence-electron chi connectivity index (χ4n) is 1.74. The van der Waals surface area contributed by atoms with Gasteiger partial charge in [0.15, 0.2) is 10.4 Å². The molecule has 2 N–H and O–H groups in total. The molecule has 18 heavy (non-hydrogen) atoms. The van der Waals surface area contributed by atoms with Crippen molar-refractivity contribution in [2.45, 2.75) is 37.9 Å². The summed E-state index contributed by atoms with van der Waals surface area (Å²) in [6.45, 7) is 1.14. The Bertz CT molecular complexity index is 541. The number of nitrogens with one attached hydrogen (secondary N) is 1. The van der Waals surface area contributed by atoms with Gasteiger partial charge in [-0.3, -0.25) is 9.52 Å². The molecule has 0 bridgehead atoms. The molecule has 1 aromatic rings. The fourth-order valence-corrected chi connectivity index (χ4v) is 3.89. The van der Waals surface area contributed by atoms with E-state index in [0.717, 1.165) is 43.2 Å². The van der Waals surface area contributed by atoms with E-state index >= 15 is 0 Å². The highest BCUT2D eigenvalue weighted by molar-refractivity contribution is 7.94. The van der Waals surface area contributed by atoms with Crippen molar-refractivity contribution >= 4 is 32.5 Å². The number of aryl methyl sites for hydroxylation is 2. The highest BCUT2D eigenvalue weighted by Gasteiger charge is 2.29. The lowest BCUT2D eigenvalue weighted by Gasteiger charge is -2.08. The number of rotatable bonds is 4. The van der Waals surface area contributed by atoms with Crippen molar-refractivity contribution in [1.29, 1.82) is 0 Å². The Hall–Kier alpha value is -1.15. The van der Waals surface area contributed by atoms with Gasteiger partial charge in [-0.2, -0.15) is 0 Å². The largest absolute Gasteiger partial charge is 0.480 e. The van der Waals surface area contributed by atoms with E-state index in [0.29, 0.717) is 0 Å². The van der Waals surface area contributed by atoms with Crippen molar-refractivity contribution in [3.63, 3.8) is 0 Å². The second-order valence-electron chi connectivity index (χ2n) is 4.22. The quantitative estimate of drug-likeness (QED) is 0.869. The van der Waals surface area contributed by atoms with Gasteiger partial charge in [0.2, 0.25) is 10.0 Å². The van der Waals surface area contributed by atoms with E-state index in [-0.39, 0.29) is 5.13 Å². The molecular weight excluding hydrogens is 276 g/mol. The molecule has 0 saturated carbocycles. The minimum atomic E-state index is -3.91. The summed E-state index contributed by atoms with van der Waals surface area (Å²) in [6.07, 6.45) is 3.94. The van der Waals surface area contributed by atoms with Gasteiger partial charge in [-0.05, 0) is 32.6 Å². The number of anilines is 1. The number of aromatic nitrogens is 1. The second kappa shape index (κ2) is 4.85. The third-order valence-electron chi connectivity index (χ3n) is 2.89. The summed E-state index contributed by atoms with van der Waals surface area (Å²) in [6, 6.07) is 0. The standard InChI is InChI=1S/C10H14N2O4S2/c1-6(9(13)14)18(15,16)12-10-11-7-4-2-3-5-8(7)17-10/h6H,2-5H2,1H3,(H,11,12)(H,13,14). The van der Waals surface area contributed by atoms with Crippen LogP contribution >= 0.6 is 11.3 Å². The molecule has 8 heteroatoms. The van der Waals surface area contributed by atoms with Gasteiger partial charge in [-0.15, -0.1) is 11.3 Å². The molecule has 0 amide bonds.